The Morgan fingerprint density at radius 3 is 2.45 bits per heavy atom. The third-order valence-corrected chi connectivity index (χ3v) is 3.22. The summed E-state index contributed by atoms with van der Waals surface area (Å²) in [5.41, 5.74) is 2.31. The molecule has 0 saturated carbocycles. The molecule has 0 bridgehead atoms. The minimum atomic E-state index is -0.401. The molecule has 0 spiro atoms. The van der Waals surface area contributed by atoms with Crippen LogP contribution in [0.15, 0.2) is 66.9 Å². The van der Waals surface area contributed by atoms with Gasteiger partial charge in [-0.2, -0.15) is 5.10 Å². The molecule has 3 aromatic rings. The van der Waals surface area contributed by atoms with Crippen LogP contribution in [-0.4, -0.2) is 14.7 Å². The third-order valence-electron chi connectivity index (χ3n) is 3.22. The minimum Gasteiger partial charge on any atom is -0.258 e. The van der Waals surface area contributed by atoms with Crippen LogP contribution in [0.4, 0.5) is 5.69 Å². The Morgan fingerprint density at radius 1 is 0.955 bits per heavy atom. The maximum Gasteiger partial charge on any atom is 0.294 e. The molecule has 0 saturated heterocycles. The van der Waals surface area contributed by atoms with Crippen LogP contribution < -0.4 is 0 Å². The molecule has 5 heteroatoms. The van der Waals surface area contributed by atoms with Gasteiger partial charge in [0.15, 0.2) is 0 Å². The Labute approximate surface area is 127 Å². The van der Waals surface area contributed by atoms with Gasteiger partial charge in [0.2, 0.25) is 0 Å². The molecule has 0 radical (unpaired) electrons. The molecule has 0 aliphatic heterocycles. The molecule has 3 rings (SSSR count). The summed E-state index contributed by atoms with van der Waals surface area (Å²) in [7, 11) is 0. The van der Waals surface area contributed by atoms with E-state index in [9.17, 15) is 10.1 Å². The van der Waals surface area contributed by atoms with Crippen molar-refractivity contribution < 1.29 is 4.92 Å². The normalized spacial score (nSPS) is 10.9. The van der Waals surface area contributed by atoms with E-state index in [1.54, 1.807) is 29.1 Å². The number of hydrogen-bond donors (Lipinski definition) is 0. The Hall–Kier alpha value is -3.21. The first kappa shape index (κ1) is 13.8. The molecule has 0 aliphatic rings. The van der Waals surface area contributed by atoms with E-state index in [4.69, 9.17) is 0 Å². The van der Waals surface area contributed by atoms with Crippen molar-refractivity contribution >= 4 is 17.8 Å². The summed E-state index contributed by atoms with van der Waals surface area (Å²) in [6.45, 7) is 0. The van der Waals surface area contributed by atoms with E-state index in [1.165, 1.54) is 6.07 Å². The highest BCUT2D eigenvalue weighted by molar-refractivity contribution is 5.69. The van der Waals surface area contributed by atoms with Gasteiger partial charge in [-0.25, -0.2) is 4.68 Å². The molecule has 22 heavy (non-hydrogen) atoms. The van der Waals surface area contributed by atoms with Crippen LogP contribution in [0, 0.1) is 10.1 Å². The highest BCUT2D eigenvalue weighted by atomic mass is 16.6. The molecule has 0 atom stereocenters. The van der Waals surface area contributed by atoms with Crippen molar-refractivity contribution in [2.45, 2.75) is 0 Å². The largest absolute Gasteiger partial charge is 0.294 e. The third kappa shape index (κ3) is 2.78. The predicted molar refractivity (Wildman–Crippen MR) is 85.6 cm³/mol. The van der Waals surface area contributed by atoms with E-state index in [-0.39, 0.29) is 5.69 Å². The van der Waals surface area contributed by atoms with Gasteiger partial charge in [-0.1, -0.05) is 48.5 Å². The van der Waals surface area contributed by atoms with Crippen LogP contribution in [0.5, 0.6) is 0 Å². The van der Waals surface area contributed by atoms with E-state index in [0.29, 0.717) is 5.69 Å². The Morgan fingerprint density at radius 2 is 1.68 bits per heavy atom. The van der Waals surface area contributed by atoms with E-state index in [1.807, 2.05) is 48.6 Å². The summed E-state index contributed by atoms with van der Waals surface area (Å²) in [5, 5.41) is 15.4. The van der Waals surface area contributed by atoms with Crippen LogP contribution in [0.3, 0.4) is 0 Å². The first-order valence-electron chi connectivity index (χ1n) is 6.76. The van der Waals surface area contributed by atoms with Crippen LogP contribution in [0.1, 0.15) is 11.3 Å². The van der Waals surface area contributed by atoms with E-state index in [2.05, 4.69) is 5.10 Å². The number of para-hydroxylation sites is 2. The monoisotopic (exact) mass is 291 g/mol. The second-order valence-corrected chi connectivity index (χ2v) is 4.66. The fraction of sp³-hybridized carbons (Fsp3) is 0. The molecule has 0 amide bonds. The van der Waals surface area contributed by atoms with Crippen molar-refractivity contribution in [3.05, 3.63) is 88.2 Å². The lowest BCUT2D eigenvalue weighted by Crippen LogP contribution is -2.02. The maximum atomic E-state index is 11.2. The van der Waals surface area contributed by atoms with Gasteiger partial charge in [0.25, 0.3) is 5.69 Å². The number of rotatable bonds is 4. The number of nitrogens with zero attached hydrogens (tertiary/aromatic N) is 3. The topological polar surface area (TPSA) is 61.0 Å². The summed E-state index contributed by atoms with van der Waals surface area (Å²) in [6, 6.07) is 18.2. The number of hydrogen-bond acceptors (Lipinski definition) is 3. The first-order valence-corrected chi connectivity index (χ1v) is 6.76. The lowest BCUT2D eigenvalue weighted by atomic mass is 10.2. The number of benzene rings is 2. The van der Waals surface area contributed by atoms with Gasteiger partial charge in [-0.15, -0.1) is 0 Å². The lowest BCUT2D eigenvalue weighted by Gasteiger charge is -2.05. The fourth-order valence-electron chi connectivity index (χ4n) is 2.18. The number of nitro benzene ring substituents is 1. The smallest absolute Gasteiger partial charge is 0.258 e. The minimum absolute atomic E-state index is 0.0283. The van der Waals surface area contributed by atoms with Crippen molar-refractivity contribution in [2.24, 2.45) is 0 Å². The Bertz CT molecular complexity index is 823. The lowest BCUT2D eigenvalue weighted by molar-refractivity contribution is -0.384. The van der Waals surface area contributed by atoms with Crippen molar-refractivity contribution in [1.29, 1.82) is 0 Å². The van der Waals surface area contributed by atoms with Gasteiger partial charge >= 0.3 is 0 Å². The molecular formula is C17H13N3O2. The van der Waals surface area contributed by atoms with E-state index in [0.717, 1.165) is 11.3 Å². The van der Waals surface area contributed by atoms with Crippen molar-refractivity contribution in [3.8, 4) is 5.69 Å². The zero-order chi connectivity index (χ0) is 15.4. The summed E-state index contributed by atoms with van der Waals surface area (Å²) >= 11 is 0. The van der Waals surface area contributed by atoms with Gasteiger partial charge < -0.3 is 0 Å². The van der Waals surface area contributed by atoms with Gasteiger partial charge in [-0.3, -0.25) is 10.1 Å². The van der Waals surface area contributed by atoms with Crippen LogP contribution in [0.2, 0.25) is 0 Å². The maximum absolute atomic E-state index is 11.2. The number of aromatic nitrogens is 2. The highest BCUT2D eigenvalue weighted by Gasteiger charge is 2.15. The van der Waals surface area contributed by atoms with Gasteiger partial charge in [0.05, 0.1) is 16.8 Å². The quantitative estimate of drug-likeness (QED) is 0.540. The first-order chi connectivity index (χ1) is 10.8. The zero-order valence-corrected chi connectivity index (χ0v) is 11.7. The fourth-order valence-corrected chi connectivity index (χ4v) is 2.18. The predicted octanol–water partition coefficient (Wildman–Crippen LogP) is 3.95. The average Bonchev–Trinajstić information content (AvgIpc) is 3.02. The van der Waals surface area contributed by atoms with Gasteiger partial charge in [0, 0.05) is 6.07 Å². The van der Waals surface area contributed by atoms with Gasteiger partial charge in [-0.05, 0) is 23.8 Å². The molecule has 5 nitrogen and oxygen atoms in total. The molecule has 1 heterocycles. The zero-order valence-electron chi connectivity index (χ0n) is 11.7. The average molecular weight is 291 g/mol. The second kappa shape index (κ2) is 6.05. The molecule has 0 unspecified atom stereocenters. The molecule has 1 aromatic heterocycles. The van der Waals surface area contributed by atoms with E-state index < -0.39 is 4.92 Å². The molecule has 0 N–H and O–H groups in total. The Balaban J connectivity index is 2.00. The number of nitro groups is 1. The molecule has 0 aliphatic carbocycles. The van der Waals surface area contributed by atoms with Gasteiger partial charge in [0.1, 0.15) is 5.69 Å². The van der Waals surface area contributed by atoms with Crippen molar-refractivity contribution in [1.82, 2.24) is 9.78 Å². The summed E-state index contributed by atoms with van der Waals surface area (Å²) in [4.78, 5) is 10.8. The summed E-state index contributed by atoms with van der Waals surface area (Å²) in [5.74, 6) is 0. The standard InChI is InChI=1S/C17H13N3O2/c21-20(22)17-9-5-4-8-16(17)19-15(12-13-18-19)11-10-14-6-2-1-3-7-14/h1-13H/b11-10+. The molecule has 0 fully saturated rings. The Kier molecular flexibility index (Phi) is 3.78. The second-order valence-electron chi connectivity index (χ2n) is 4.66. The molecular weight excluding hydrogens is 278 g/mol. The van der Waals surface area contributed by atoms with Crippen LogP contribution in [-0.2, 0) is 0 Å². The SMILES string of the molecule is O=[N+]([O-])c1ccccc1-n1nccc1/C=C/c1ccccc1. The van der Waals surface area contributed by atoms with E-state index >= 15 is 0 Å². The summed E-state index contributed by atoms with van der Waals surface area (Å²) in [6.07, 6.45) is 5.46. The van der Waals surface area contributed by atoms with Crippen LogP contribution >= 0.6 is 0 Å². The highest BCUT2D eigenvalue weighted by Crippen LogP contribution is 2.23. The summed E-state index contributed by atoms with van der Waals surface area (Å²) < 4.78 is 1.57. The van der Waals surface area contributed by atoms with Crippen molar-refractivity contribution in [3.63, 3.8) is 0 Å². The molecule has 108 valence electrons. The molecule has 2 aromatic carbocycles. The van der Waals surface area contributed by atoms with Crippen LogP contribution in [0.25, 0.3) is 17.8 Å². The van der Waals surface area contributed by atoms with Crippen molar-refractivity contribution in [2.75, 3.05) is 0 Å².